The molecule has 19 heavy (non-hydrogen) atoms. The topological polar surface area (TPSA) is 9.23 Å². The molecule has 1 unspecified atom stereocenters. The highest BCUT2D eigenvalue weighted by molar-refractivity contribution is 9.09. The molecular weight excluding hydrogens is 300 g/mol. The summed E-state index contributed by atoms with van der Waals surface area (Å²) in [5.41, 5.74) is 4.70. The maximum absolute atomic E-state index is 5.60. The second-order valence-electron chi connectivity index (χ2n) is 7.02. The molecule has 2 rings (SSSR count). The molecule has 0 amide bonds. The van der Waals surface area contributed by atoms with Crippen molar-refractivity contribution in [2.75, 3.05) is 7.11 Å². The minimum Gasteiger partial charge on any atom is -0.496 e. The molecule has 0 bridgehead atoms. The molecule has 0 spiro atoms. The Morgan fingerprint density at radius 2 is 1.53 bits per heavy atom. The fourth-order valence-electron chi connectivity index (χ4n) is 3.10. The van der Waals surface area contributed by atoms with E-state index in [1.807, 2.05) is 0 Å². The Balaban J connectivity index is 2.70. The Morgan fingerprint density at radius 1 is 1.05 bits per heavy atom. The normalized spacial score (nSPS) is 21.6. The zero-order chi connectivity index (χ0) is 14.4. The summed E-state index contributed by atoms with van der Waals surface area (Å²) in [5.74, 6) is 1.01. The van der Waals surface area contributed by atoms with Gasteiger partial charge in [0.1, 0.15) is 5.75 Å². The predicted octanol–water partition coefficient (Wildman–Crippen LogP) is 5.50. The predicted molar refractivity (Wildman–Crippen MR) is 85.6 cm³/mol. The molecule has 0 aromatic heterocycles. The van der Waals surface area contributed by atoms with Crippen LogP contribution in [0.3, 0.4) is 0 Å². The lowest BCUT2D eigenvalue weighted by molar-refractivity contribution is 0.328. The lowest BCUT2D eigenvalue weighted by Gasteiger charge is -2.42. The summed E-state index contributed by atoms with van der Waals surface area (Å²) in [6, 6.07) is 4.62. The molecule has 0 N–H and O–H groups in total. The van der Waals surface area contributed by atoms with Crippen LogP contribution in [-0.2, 0) is 10.8 Å². The van der Waals surface area contributed by atoms with Gasteiger partial charge in [-0.3, -0.25) is 0 Å². The summed E-state index contributed by atoms with van der Waals surface area (Å²) in [6.07, 6.45) is 2.48. The third kappa shape index (κ3) is 2.56. The molecule has 1 aromatic rings. The first-order chi connectivity index (χ1) is 8.69. The number of rotatable bonds is 2. The van der Waals surface area contributed by atoms with Crippen LogP contribution in [0.2, 0.25) is 0 Å². The lowest BCUT2D eigenvalue weighted by atomic mass is 9.63. The number of ether oxygens (including phenoxy) is 1. The van der Waals surface area contributed by atoms with Gasteiger partial charge in [-0.2, -0.15) is 0 Å². The number of fused-ring (bicyclic) bond motifs is 1. The number of methoxy groups -OCH3 is 1. The van der Waals surface area contributed by atoms with E-state index in [-0.39, 0.29) is 10.8 Å². The molecule has 106 valence electrons. The summed E-state index contributed by atoms with van der Waals surface area (Å²) < 4.78 is 5.60. The minimum absolute atomic E-state index is 0.242. The third-order valence-electron chi connectivity index (χ3n) is 4.63. The van der Waals surface area contributed by atoms with Gasteiger partial charge in [0.25, 0.3) is 0 Å². The number of hydrogen-bond donors (Lipinski definition) is 0. The maximum Gasteiger partial charge on any atom is 0.123 e. The van der Waals surface area contributed by atoms with Gasteiger partial charge in [0.15, 0.2) is 0 Å². The summed E-state index contributed by atoms with van der Waals surface area (Å²) in [6.45, 7) is 11.6. The standard InChI is InChI=1S/C17H25BrO/c1-11(18)12-9-13-14(10-15(12)19-6)17(4,5)8-7-16(13,2)3/h9-11H,7-8H2,1-6H3. The van der Waals surface area contributed by atoms with Crippen molar-refractivity contribution >= 4 is 15.9 Å². The fraction of sp³-hybridized carbons (Fsp3) is 0.647. The molecule has 1 aliphatic carbocycles. The van der Waals surface area contributed by atoms with Gasteiger partial charge >= 0.3 is 0 Å². The van der Waals surface area contributed by atoms with Crippen LogP contribution < -0.4 is 4.74 Å². The monoisotopic (exact) mass is 324 g/mol. The van der Waals surface area contributed by atoms with Gasteiger partial charge in [-0.15, -0.1) is 0 Å². The minimum atomic E-state index is 0.242. The summed E-state index contributed by atoms with van der Waals surface area (Å²) in [5, 5.41) is 0. The summed E-state index contributed by atoms with van der Waals surface area (Å²) in [4.78, 5) is 0.314. The van der Waals surface area contributed by atoms with E-state index >= 15 is 0 Å². The van der Waals surface area contributed by atoms with Gasteiger partial charge < -0.3 is 4.74 Å². The molecule has 0 saturated heterocycles. The van der Waals surface area contributed by atoms with E-state index in [0.29, 0.717) is 4.83 Å². The molecule has 2 heteroatoms. The van der Waals surface area contributed by atoms with Crippen LogP contribution in [-0.4, -0.2) is 7.11 Å². The maximum atomic E-state index is 5.60. The van der Waals surface area contributed by atoms with E-state index in [1.165, 1.54) is 29.5 Å². The van der Waals surface area contributed by atoms with Crippen LogP contribution in [0.4, 0.5) is 0 Å². The Labute approximate surface area is 125 Å². The number of benzene rings is 1. The van der Waals surface area contributed by atoms with Crippen molar-refractivity contribution in [1.29, 1.82) is 0 Å². The second-order valence-corrected chi connectivity index (χ2v) is 8.40. The van der Waals surface area contributed by atoms with E-state index < -0.39 is 0 Å². The van der Waals surface area contributed by atoms with Crippen molar-refractivity contribution in [2.45, 2.75) is 63.1 Å². The van der Waals surface area contributed by atoms with Gasteiger partial charge in [-0.25, -0.2) is 0 Å². The first-order valence-electron chi connectivity index (χ1n) is 7.06. The van der Waals surface area contributed by atoms with Crippen LogP contribution in [0, 0.1) is 0 Å². The van der Waals surface area contributed by atoms with Crippen molar-refractivity contribution in [3.05, 3.63) is 28.8 Å². The molecule has 0 fully saturated rings. The van der Waals surface area contributed by atoms with Crippen LogP contribution >= 0.6 is 15.9 Å². The van der Waals surface area contributed by atoms with Gasteiger partial charge in [0.2, 0.25) is 0 Å². The lowest BCUT2D eigenvalue weighted by Crippen LogP contribution is -2.34. The van der Waals surface area contributed by atoms with Crippen molar-refractivity contribution in [3.63, 3.8) is 0 Å². The quantitative estimate of drug-likeness (QED) is 0.652. The van der Waals surface area contributed by atoms with Crippen LogP contribution in [0.15, 0.2) is 12.1 Å². The molecular formula is C17H25BrO. The van der Waals surface area contributed by atoms with Gasteiger partial charge in [-0.05, 0) is 47.8 Å². The van der Waals surface area contributed by atoms with Gasteiger partial charge in [0.05, 0.1) is 7.11 Å². The molecule has 1 aromatic carbocycles. The average molecular weight is 325 g/mol. The highest BCUT2D eigenvalue weighted by atomic mass is 79.9. The zero-order valence-electron chi connectivity index (χ0n) is 12.9. The Kier molecular flexibility index (Phi) is 3.77. The van der Waals surface area contributed by atoms with Crippen molar-refractivity contribution < 1.29 is 4.74 Å². The molecule has 0 heterocycles. The Hall–Kier alpha value is -0.500. The molecule has 1 atom stereocenters. The molecule has 1 nitrogen and oxygen atoms in total. The highest BCUT2D eigenvalue weighted by Crippen LogP contribution is 2.48. The van der Waals surface area contributed by atoms with Gasteiger partial charge in [0, 0.05) is 10.4 Å². The third-order valence-corrected chi connectivity index (χ3v) is 5.12. The molecule has 0 aliphatic heterocycles. The molecule has 0 saturated carbocycles. The van der Waals surface area contributed by atoms with E-state index in [2.05, 4.69) is 62.7 Å². The SMILES string of the molecule is COc1cc2c(cc1C(C)Br)C(C)(C)CCC2(C)C. The average Bonchev–Trinajstić information content (AvgIpc) is 2.33. The Bertz CT molecular complexity index is 486. The van der Waals surface area contributed by atoms with Crippen LogP contribution in [0.1, 0.15) is 69.0 Å². The fourth-order valence-corrected chi connectivity index (χ4v) is 3.46. The van der Waals surface area contributed by atoms with Gasteiger partial charge in [-0.1, -0.05) is 49.7 Å². The summed E-state index contributed by atoms with van der Waals surface area (Å²) in [7, 11) is 1.77. The van der Waals surface area contributed by atoms with E-state index in [0.717, 1.165) is 5.75 Å². The van der Waals surface area contributed by atoms with Crippen LogP contribution in [0.5, 0.6) is 5.75 Å². The van der Waals surface area contributed by atoms with Crippen molar-refractivity contribution in [1.82, 2.24) is 0 Å². The number of hydrogen-bond acceptors (Lipinski definition) is 1. The first kappa shape index (κ1) is 14.9. The van der Waals surface area contributed by atoms with Crippen LogP contribution in [0.25, 0.3) is 0 Å². The number of alkyl halides is 1. The van der Waals surface area contributed by atoms with Crippen molar-refractivity contribution in [3.8, 4) is 5.75 Å². The Morgan fingerprint density at radius 3 is 1.95 bits per heavy atom. The first-order valence-corrected chi connectivity index (χ1v) is 7.97. The molecule has 1 aliphatic rings. The molecule has 0 radical (unpaired) electrons. The second kappa shape index (κ2) is 4.80. The van der Waals surface area contributed by atoms with E-state index in [1.54, 1.807) is 7.11 Å². The van der Waals surface area contributed by atoms with Crippen molar-refractivity contribution in [2.24, 2.45) is 0 Å². The smallest absolute Gasteiger partial charge is 0.123 e. The zero-order valence-corrected chi connectivity index (χ0v) is 14.5. The summed E-state index contributed by atoms with van der Waals surface area (Å²) >= 11 is 3.69. The van der Waals surface area contributed by atoms with E-state index in [9.17, 15) is 0 Å². The van der Waals surface area contributed by atoms with E-state index in [4.69, 9.17) is 4.74 Å². The largest absolute Gasteiger partial charge is 0.496 e. The highest BCUT2D eigenvalue weighted by Gasteiger charge is 2.38. The number of halogens is 1.